The molecule has 2 nitrogen and oxygen atoms in total. The number of aryl methyl sites for hydroxylation is 2. The Hall–Kier alpha value is -0.790. The van der Waals surface area contributed by atoms with Crippen LogP contribution in [0.2, 0.25) is 0 Å². The van der Waals surface area contributed by atoms with Crippen molar-refractivity contribution >= 4 is 0 Å². The molecule has 12 heavy (non-hydrogen) atoms. The molecule has 2 heteroatoms. The molecule has 0 atom stereocenters. The van der Waals surface area contributed by atoms with Crippen molar-refractivity contribution < 1.29 is 0 Å². The summed E-state index contributed by atoms with van der Waals surface area (Å²) in [5.41, 5.74) is 1.19. The lowest BCUT2D eigenvalue weighted by Crippen LogP contribution is -1.90. The highest BCUT2D eigenvalue weighted by Crippen LogP contribution is 1.88. The molecule has 1 heterocycles. The van der Waals surface area contributed by atoms with Crippen molar-refractivity contribution in [3.63, 3.8) is 0 Å². The van der Waals surface area contributed by atoms with Gasteiger partial charge in [-0.15, -0.1) is 0 Å². The van der Waals surface area contributed by atoms with Gasteiger partial charge in [-0.05, 0) is 13.0 Å². The van der Waals surface area contributed by atoms with Crippen LogP contribution in [0, 0.1) is 6.92 Å². The minimum Gasteiger partial charge on any atom is -0.273 e. The molecule has 0 amide bonds. The van der Waals surface area contributed by atoms with Gasteiger partial charge in [0.15, 0.2) is 0 Å². The van der Waals surface area contributed by atoms with E-state index in [0.29, 0.717) is 0 Å². The van der Waals surface area contributed by atoms with E-state index in [-0.39, 0.29) is 0 Å². The average Bonchev–Trinajstić information content (AvgIpc) is 2.42. The van der Waals surface area contributed by atoms with Crippen molar-refractivity contribution in [2.45, 2.75) is 41.0 Å². The molecule has 0 fully saturated rings. The first-order valence-electron chi connectivity index (χ1n) is 4.67. The predicted octanol–water partition coefficient (Wildman–Crippen LogP) is 3.17. The molecule has 0 aliphatic rings. The summed E-state index contributed by atoms with van der Waals surface area (Å²) >= 11 is 0. The summed E-state index contributed by atoms with van der Waals surface area (Å²) < 4.78 is 1.83. The molecule has 72 valence electrons. The van der Waals surface area contributed by atoms with Gasteiger partial charge in [-0.3, -0.25) is 4.68 Å². The van der Waals surface area contributed by atoms with Crippen LogP contribution in [0.1, 0.15) is 39.8 Å². The molecule has 1 rings (SSSR count). The van der Waals surface area contributed by atoms with Crippen LogP contribution in [-0.4, -0.2) is 9.78 Å². The van der Waals surface area contributed by atoms with Crippen molar-refractivity contribution in [2.24, 2.45) is 7.05 Å². The second-order valence-corrected chi connectivity index (χ2v) is 2.30. The molecular weight excluding hydrogens is 148 g/mol. The highest BCUT2D eigenvalue weighted by atomic mass is 15.2. The fourth-order valence-corrected chi connectivity index (χ4v) is 0.440. The van der Waals surface area contributed by atoms with Crippen molar-refractivity contribution in [1.82, 2.24) is 9.78 Å². The van der Waals surface area contributed by atoms with Crippen molar-refractivity contribution in [2.75, 3.05) is 0 Å². The minimum absolute atomic E-state index is 1.19. The quantitative estimate of drug-likeness (QED) is 0.584. The third-order valence-electron chi connectivity index (χ3n) is 1.07. The molecule has 0 saturated heterocycles. The zero-order chi connectivity index (χ0) is 9.98. The van der Waals surface area contributed by atoms with Crippen LogP contribution in [0.15, 0.2) is 12.3 Å². The van der Waals surface area contributed by atoms with Gasteiger partial charge in [-0.25, -0.2) is 0 Å². The summed E-state index contributed by atoms with van der Waals surface area (Å²) in [5, 5.41) is 3.93. The normalized spacial score (nSPS) is 7.50. The number of rotatable bonds is 0. The Morgan fingerprint density at radius 2 is 1.75 bits per heavy atom. The van der Waals surface area contributed by atoms with Crippen molar-refractivity contribution in [3.05, 3.63) is 18.0 Å². The van der Waals surface area contributed by atoms with Gasteiger partial charge in [0, 0.05) is 18.9 Å². The second kappa shape index (κ2) is 10.2. The Morgan fingerprint density at radius 1 is 1.33 bits per heavy atom. The fourth-order valence-electron chi connectivity index (χ4n) is 0.440. The van der Waals surface area contributed by atoms with E-state index in [4.69, 9.17) is 0 Å². The van der Waals surface area contributed by atoms with Gasteiger partial charge < -0.3 is 0 Å². The molecule has 0 spiro atoms. The van der Waals surface area contributed by atoms with E-state index in [1.807, 2.05) is 38.6 Å². The van der Waals surface area contributed by atoms with Gasteiger partial charge in [0.25, 0.3) is 0 Å². The summed E-state index contributed by atoms with van der Waals surface area (Å²) in [6, 6.07) is 1.97. The predicted molar refractivity (Wildman–Crippen MR) is 55.3 cm³/mol. The largest absolute Gasteiger partial charge is 0.273 e. The lowest BCUT2D eigenvalue weighted by molar-refractivity contribution is 0.740. The number of nitrogens with zero attached hydrogens (tertiary/aromatic N) is 2. The molecule has 0 aromatic carbocycles. The summed E-state index contributed by atoms with van der Waals surface area (Å²) in [6.45, 7) is 10.3. The second-order valence-electron chi connectivity index (χ2n) is 2.30. The first-order valence-corrected chi connectivity index (χ1v) is 4.67. The summed E-state index contributed by atoms with van der Waals surface area (Å²) in [7, 11) is 1.93. The molecule has 0 aliphatic heterocycles. The Balaban J connectivity index is 0. The van der Waals surface area contributed by atoms with Crippen LogP contribution >= 0.6 is 0 Å². The number of hydrogen-bond acceptors (Lipinski definition) is 1. The Labute approximate surface area is 76.6 Å². The Bertz CT molecular complexity index is 152. The SMILES string of the molecule is CC.CCC.Cc1ccnn1C. The molecule has 0 saturated carbocycles. The first kappa shape index (κ1) is 13.8. The van der Waals surface area contributed by atoms with Gasteiger partial charge in [-0.2, -0.15) is 5.10 Å². The monoisotopic (exact) mass is 170 g/mol. The van der Waals surface area contributed by atoms with Crippen LogP contribution in [0.4, 0.5) is 0 Å². The molecule has 1 aromatic heterocycles. The lowest BCUT2D eigenvalue weighted by Gasteiger charge is -1.87. The van der Waals surface area contributed by atoms with E-state index in [1.54, 1.807) is 6.20 Å². The molecule has 0 bridgehead atoms. The first-order chi connectivity index (χ1) is 5.72. The minimum atomic E-state index is 1.19. The molecule has 1 aromatic rings. The highest BCUT2D eigenvalue weighted by Gasteiger charge is 1.83. The lowest BCUT2D eigenvalue weighted by atomic mass is 10.5. The highest BCUT2D eigenvalue weighted by molar-refractivity contribution is 4.94. The average molecular weight is 170 g/mol. The van der Waals surface area contributed by atoms with E-state index >= 15 is 0 Å². The van der Waals surface area contributed by atoms with E-state index in [2.05, 4.69) is 18.9 Å². The van der Waals surface area contributed by atoms with Gasteiger partial charge >= 0.3 is 0 Å². The van der Waals surface area contributed by atoms with E-state index in [9.17, 15) is 0 Å². The number of hydrogen-bond donors (Lipinski definition) is 0. The van der Waals surface area contributed by atoms with Crippen molar-refractivity contribution in [3.8, 4) is 0 Å². The molecule has 0 aliphatic carbocycles. The maximum atomic E-state index is 3.93. The van der Waals surface area contributed by atoms with Crippen LogP contribution < -0.4 is 0 Å². The van der Waals surface area contributed by atoms with Gasteiger partial charge in [-0.1, -0.05) is 34.1 Å². The molecule has 0 N–H and O–H groups in total. The maximum Gasteiger partial charge on any atom is 0.0492 e. The van der Waals surface area contributed by atoms with Crippen molar-refractivity contribution in [1.29, 1.82) is 0 Å². The molecule has 0 unspecified atom stereocenters. The third kappa shape index (κ3) is 7.32. The standard InChI is InChI=1S/C5H8N2.C3H8.C2H6/c1-5-3-4-6-7(5)2;1-3-2;1-2/h3-4H,1-2H3;3H2,1-2H3;1-2H3. The zero-order valence-electron chi connectivity index (χ0n) is 9.26. The summed E-state index contributed by atoms with van der Waals surface area (Å²) in [5.74, 6) is 0. The maximum absolute atomic E-state index is 3.93. The molecular formula is C10H22N2. The van der Waals surface area contributed by atoms with Crippen LogP contribution in [0.3, 0.4) is 0 Å². The smallest absolute Gasteiger partial charge is 0.0492 e. The summed E-state index contributed by atoms with van der Waals surface area (Å²) in [4.78, 5) is 0. The summed E-state index contributed by atoms with van der Waals surface area (Å²) in [6.07, 6.45) is 3.04. The molecule has 0 radical (unpaired) electrons. The van der Waals surface area contributed by atoms with E-state index < -0.39 is 0 Å². The van der Waals surface area contributed by atoms with Crippen LogP contribution in [0.25, 0.3) is 0 Å². The third-order valence-corrected chi connectivity index (χ3v) is 1.07. The van der Waals surface area contributed by atoms with E-state index in [0.717, 1.165) is 0 Å². The van der Waals surface area contributed by atoms with Gasteiger partial charge in [0.1, 0.15) is 0 Å². The zero-order valence-corrected chi connectivity index (χ0v) is 9.26. The van der Waals surface area contributed by atoms with Gasteiger partial charge in [0.05, 0.1) is 0 Å². The topological polar surface area (TPSA) is 17.8 Å². The fraction of sp³-hybridized carbons (Fsp3) is 0.700. The Morgan fingerprint density at radius 3 is 1.83 bits per heavy atom. The Kier molecular flexibility index (Phi) is 11.7. The van der Waals surface area contributed by atoms with Crippen LogP contribution in [-0.2, 0) is 7.05 Å². The van der Waals surface area contributed by atoms with E-state index in [1.165, 1.54) is 12.1 Å². The van der Waals surface area contributed by atoms with Gasteiger partial charge in [0.2, 0.25) is 0 Å². The number of aromatic nitrogens is 2. The van der Waals surface area contributed by atoms with Crippen LogP contribution in [0.5, 0.6) is 0 Å².